The monoisotopic (exact) mass is 408 g/mol. The van der Waals surface area contributed by atoms with E-state index in [-0.39, 0.29) is 18.2 Å². The summed E-state index contributed by atoms with van der Waals surface area (Å²) in [7, 11) is 0. The van der Waals surface area contributed by atoms with Gasteiger partial charge in [0, 0.05) is 6.42 Å². The molecule has 0 aliphatic heterocycles. The van der Waals surface area contributed by atoms with Crippen LogP contribution in [0.5, 0.6) is 5.75 Å². The molecule has 0 saturated heterocycles. The minimum absolute atomic E-state index is 0.0703. The Morgan fingerprint density at radius 3 is 2.10 bits per heavy atom. The topological polar surface area (TPSA) is 44.8 Å². The first-order chi connectivity index (χ1) is 14.8. The van der Waals surface area contributed by atoms with Crippen molar-refractivity contribution in [3.05, 3.63) is 65.7 Å². The summed E-state index contributed by atoms with van der Waals surface area (Å²) in [5.41, 5.74) is 2.20. The van der Waals surface area contributed by atoms with Gasteiger partial charge in [0.2, 0.25) is 0 Å². The minimum atomic E-state index is -0.523. The average Bonchev–Trinajstić information content (AvgIpc) is 3.48. The zero-order chi connectivity index (χ0) is 20.6. The van der Waals surface area contributed by atoms with Gasteiger partial charge in [-0.25, -0.2) is 4.79 Å². The van der Waals surface area contributed by atoms with E-state index in [0.717, 1.165) is 55.4 Å². The predicted molar refractivity (Wildman–Crippen MR) is 116 cm³/mol. The molecule has 0 heterocycles. The van der Waals surface area contributed by atoms with E-state index in [1.165, 1.54) is 12.8 Å². The van der Waals surface area contributed by atoms with Crippen molar-refractivity contribution in [3.8, 4) is 5.75 Å². The Labute approximate surface area is 179 Å². The third kappa shape index (κ3) is 6.09. The van der Waals surface area contributed by atoms with E-state index >= 15 is 0 Å². The third-order valence-corrected chi connectivity index (χ3v) is 6.10. The Balaban J connectivity index is 1.35. The second-order valence-corrected chi connectivity index (χ2v) is 8.50. The number of rotatable bonds is 9. The van der Waals surface area contributed by atoms with Crippen molar-refractivity contribution in [2.24, 2.45) is 0 Å². The molecule has 160 valence electrons. The number of hydrogen-bond acceptors (Lipinski definition) is 4. The number of hydrogen-bond donors (Lipinski definition) is 0. The lowest BCUT2D eigenvalue weighted by molar-refractivity contribution is -0.166. The van der Waals surface area contributed by atoms with Gasteiger partial charge in [-0.3, -0.25) is 0 Å². The van der Waals surface area contributed by atoms with Crippen LogP contribution in [0.15, 0.2) is 54.6 Å². The van der Waals surface area contributed by atoms with Gasteiger partial charge in [-0.05, 0) is 61.8 Å². The van der Waals surface area contributed by atoms with E-state index in [1.54, 1.807) is 0 Å². The molecular weight excluding hydrogens is 376 g/mol. The Bertz CT molecular complexity index is 774. The molecule has 2 aliphatic carbocycles. The second-order valence-electron chi connectivity index (χ2n) is 8.50. The van der Waals surface area contributed by atoms with Gasteiger partial charge in [-0.2, -0.15) is 0 Å². The summed E-state index contributed by atoms with van der Waals surface area (Å²) in [6, 6.07) is 18.1. The molecule has 0 bridgehead atoms. The zero-order valence-corrected chi connectivity index (χ0v) is 17.6. The van der Waals surface area contributed by atoms with Crippen LogP contribution in [0.4, 0.5) is 0 Å². The van der Waals surface area contributed by atoms with Crippen LogP contribution >= 0.6 is 0 Å². The van der Waals surface area contributed by atoms with Crippen LogP contribution in [0.25, 0.3) is 0 Å². The Hall–Kier alpha value is -2.33. The molecule has 0 amide bonds. The van der Waals surface area contributed by atoms with Crippen molar-refractivity contribution in [2.45, 2.75) is 82.7 Å². The highest BCUT2D eigenvalue weighted by molar-refractivity contribution is 5.75. The molecule has 4 heteroatoms. The summed E-state index contributed by atoms with van der Waals surface area (Å²) < 4.78 is 17.9. The maximum absolute atomic E-state index is 12.8. The van der Waals surface area contributed by atoms with Crippen molar-refractivity contribution in [3.63, 3.8) is 0 Å². The second kappa shape index (κ2) is 10.6. The number of carbonyl (C=O) groups is 1. The summed E-state index contributed by atoms with van der Waals surface area (Å²) in [6.45, 7) is 0.543. The van der Waals surface area contributed by atoms with Crippen LogP contribution in [0.3, 0.4) is 0 Å². The molecule has 2 fully saturated rings. The molecule has 30 heavy (non-hydrogen) atoms. The summed E-state index contributed by atoms with van der Waals surface area (Å²) in [4.78, 5) is 12.8. The van der Waals surface area contributed by atoms with Gasteiger partial charge < -0.3 is 14.2 Å². The molecule has 2 saturated carbocycles. The number of carbonyl (C=O) groups excluding carboxylic acids is 1. The molecule has 2 aliphatic rings. The highest BCUT2D eigenvalue weighted by Gasteiger charge is 2.30. The van der Waals surface area contributed by atoms with Gasteiger partial charge in [0.15, 0.2) is 6.10 Å². The summed E-state index contributed by atoms with van der Waals surface area (Å²) >= 11 is 0. The molecule has 2 aromatic carbocycles. The highest BCUT2D eigenvalue weighted by atomic mass is 16.6. The zero-order valence-electron chi connectivity index (χ0n) is 17.6. The predicted octanol–water partition coefficient (Wildman–Crippen LogP) is 5.62. The Kier molecular flexibility index (Phi) is 7.41. The summed E-state index contributed by atoms with van der Waals surface area (Å²) in [5.74, 6) is 0.627. The van der Waals surface area contributed by atoms with Crippen molar-refractivity contribution in [2.75, 3.05) is 0 Å². The van der Waals surface area contributed by atoms with Crippen LogP contribution in [0, 0.1) is 0 Å². The van der Waals surface area contributed by atoms with E-state index in [0.29, 0.717) is 13.0 Å². The van der Waals surface area contributed by atoms with Gasteiger partial charge in [-0.15, -0.1) is 0 Å². The first kappa shape index (κ1) is 20.9. The maximum Gasteiger partial charge on any atom is 0.335 e. The average molecular weight is 409 g/mol. The van der Waals surface area contributed by atoms with Crippen LogP contribution in [0.1, 0.15) is 62.5 Å². The van der Waals surface area contributed by atoms with Crippen molar-refractivity contribution < 1.29 is 19.0 Å². The minimum Gasteiger partial charge on any atom is -0.489 e. The lowest BCUT2D eigenvalue weighted by atomic mass is 10.1. The number of esters is 1. The highest BCUT2D eigenvalue weighted by Crippen LogP contribution is 2.26. The van der Waals surface area contributed by atoms with Crippen molar-refractivity contribution in [1.82, 2.24) is 0 Å². The quantitative estimate of drug-likeness (QED) is 0.505. The molecule has 1 atom stereocenters. The molecule has 2 aromatic rings. The van der Waals surface area contributed by atoms with Gasteiger partial charge in [0.05, 0.1) is 6.10 Å². The lowest BCUT2D eigenvalue weighted by Crippen LogP contribution is -2.34. The van der Waals surface area contributed by atoms with Crippen LogP contribution in [0.2, 0.25) is 0 Å². The van der Waals surface area contributed by atoms with Crippen LogP contribution in [-0.2, 0) is 27.3 Å². The van der Waals surface area contributed by atoms with E-state index < -0.39 is 6.10 Å². The van der Waals surface area contributed by atoms with Crippen LogP contribution < -0.4 is 4.74 Å². The van der Waals surface area contributed by atoms with E-state index in [1.807, 2.05) is 42.5 Å². The molecule has 1 unspecified atom stereocenters. The summed E-state index contributed by atoms with van der Waals surface area (Å²) in [5, 5.41) is 0. The molecule has 0 spiro atoms. The van der Waals surface area contributed by atoms with Crippen LogP contribution in [-0.4, -0.2) is 24.3 Å². The molecular formula is C26H32O4. The first-order valence-corrected chi connectivity index (χ1v) is 11.4. The van der Waals surface area contributed by atoms with E-state index in [2.05, 4.69) is 12.1 Å². The van der Waals surface area contributed by atoms with Crippen molar-refractivity contribution in [1.29, 1.82) is 0 Å². The lowest BCUT2D eigenvalue weighted by Gasteiger charge is -2.23. The SMILES string of the molecule is O=C(OC1CCCC1)C(Cc1ccc(OCc2ccccc2)cc1)OC1CCCC1. The molecule has 0 aromatic heterocycles. The molecule has 0 N–H and O–H groups in total. The van der Waals surface area contributed by atoms with Gasteiger partial charge in [-0.1, -0.05) is 55.3 Å². The van der Waals surface area contributed by atoms with Crippen molar-refractivity contribution >= 4 is 5.97 Å². The Morgan fingerprint density at radius 2 is 1.43 bits per heavy atom. The molecule has 4 nitrogen and oxygen atoms in total. The Morgan fingerprint density at radius 1 is 0.800 bits per heavy atom. The normalized spacial score (nSPS) is 18.4. The fraction of sp³-hybridized carbons (Fsp3) is 0.500. The maximum atomic E-state index is 12.8. The third-order valence-electron chi connectivity index (χ3n) is 6.10. The fourth-order valence-electron chi connectivity index (χ4n) is 4.37. The number of benzene rings is 2. The largest absolute Gasteiger partial charge is 0.489 e. The van der Waals surface area contributed by atoms with E-state index in [9.17, 15) is 4.79 Å². The van der Waals surface area contributed by atoms with Gasteiger partial charge in [0.25, 0.3) is 0 Å². The number of ether oxygens (including phenoxy) is 3. The van der Waals surface area contributed by atoms with Gasteiger partial charge in [0.1, 0.15) is 18.5 Å². The molecule has 0 radical (unpaired) electrons. The summed E-state index contributed by atoms with van der Waals surface area (Å²) in [6.07, 6.45) is 8.98. The first-order valence-electron chi connectivity index (χ1n) is 11.4. The smallest absolute Gasteiger partial charge is 0.335 e. The standard InChI is InChI=1S/C26H32O4/c27-26(30-24-12-6-7-13-24)25(29-23-10-4-5-11-23)18-20-14-16-22(17-15-20)28-19-21-8-2-1-3-9-21/h1-3,8-9,14-17,23-25H,4-7,10-13,18-19H2. The molecule has 4 rings (SSSR count). The fourth-order valence-corrected chi connectivity index (χ4v) is 4.37. The van der Waals surface area contributed by atoms with E-state index in [4.69, 9.17) is 14.2 Å². The van der Waals surface area contributed by atoms with Gasteiger partial charge >= 0.3 is 5.97 Å².